The lowest BCUT2D eigenvalue weighted by atomic mass is 9.73. The van der Waals surface area contributed by atoms with E-state index in [1.807, 2.05) is 32.0 Å². The minimum Gasteiger partial charge on any atom is -0.457 e. The summed E-state index contributed by atoms with van der Waals surface area (Å²) in [5.41, 5.74) is 6.62. The molecular formula is C29H37NO5. The fourth-order valence-electron chi connectivity index (χ4n) is 4.73. The van der Waals surface area contributed by atoms with Gasteiger partial charge in [-0.05, 0) is 55.5 Å². The van der Waals surface area contributed by atoms with Gasteiger partial charge in [-0.25, -0.2) is 4.99 Å². The molecule has 2 N–H and O–H groups in total. The Bertz CT molecular complexity index is 1180. The van der Waals surface area contributed by atoms with E-state index in [-0.39, 0.29) is 18.1 Å². The van der Waals surface area contributed by atoms with E-state index in [2.05, 4.69) is 22.5 Å². The van der Waals surface area contributed by atoms with Crippen molar-refractivity contribution >= 4 is 17.5 Å². The first-order valence-electron chi connectivity index (χ1n) is 12.4. The lowest BCUT2D eigenvalue weighted by Gasteiger charge is -2.34. The molecule has 3 rings (SSSR count). The normalized spacial score (nSPS) is 31.4. The zero-order chi connectivity index (χ0) is 25.8. The summed E-state index contributed by atoms with van der Waals surface area (Å²) in [6.45, 7) is 8.95. The molecule has 188 valence electrons. The highest BCUT2D eigenvalue weighted by Crippen LogP contribution is 2.33. The Labute approximate surface area is 207 Å². The number of hydrogen-bond donors (Lipinski definition) is 2. The lowest BCUT2D eigenvalue weighted by Crippen LogP contribution is -2.45. The lowest BCUT2D eigenvalue weighted by molar-refractivity contribution is -0.155. The average Bonchev–Trinajstić information content (AvgIpc) is 2.84. The SMILES string of the molecule is C/C1=C/CC(c2ccc3c(c2)=NC=C=C=3)OC(=O)C[C@H](O)C(C)(C)C(=O)[C@H](C)[C@@H](O)[C@@H](C)CCC1. The number of aliphatic hydroxyl groups excluding tert-OH is 2. The molecule has 6 heteroatoms. The summed E-state index contributed by atoms with van der Waals surface area (Å²) in [4.78, 5) is 30.5. The Hall–Kier alpha value is -2.75. The molecule has 2 aliphatic rings. The van der Waals surface area contributed by atoms with E-state index in [1.54, 1.807) is 27.0 Å². The molecule has 1 unspecified atom stereocenters. The predicted octanol–water partition coefficient (Wildman–Crippen LogP) is 3.45. The Morgan fingerprint density at radius 2 is 1.91 bits per heavy atom. The third-order valence-electron chi connectivity index (χ3n) is 7.39. The van der Waals surface area contributed by atoms with Crippen LogP contribution < -0.4 is 10.6 Å². The van der Waals surface area contributed by atoms with Crippen LogP contribution in [0.15, 0.2) is 46.8 Å². The number of ketones is 1. The molecule has 1 aromatic carbocycles. The summed E-state index contributed by atoms with van der Waals surface area (Å²) in [5.74, 6) is -1.55. The van der Waals surface area contributed by atoms with Crippen LogP contribution in [0.25, 0.3) is 5.73 Å². The molecule has 35 heavy (non-hydrogen) atoms. The van der Waals surface area contributed by atoms with Gasteiger partial charge in [0.25, 0.3) is 0 Å². The molecular weight excluding hydrogens is 442 g/mol. The average molecular weight is 480 g/mol. The maximum absolute atomic E-state index is 13.2. The number of esters is 1. The first-order chi connectivity index (χ1) is 16.5. The summed E-state index contributed by atoms with van der Waals surface area (Å²) in [5, 5.41) is 23.2. The Morgan fingerprint density at radius 3 is 2.66 bits per heavy atom. The number of cyclic esters (lactones) is 1. The molecule has 0 spiro atoms. The highest BCUT2D eigenvalue weighted by Gasteiger charge is 2.42. The van der Waals surface area contributed by atoms with Crippen LogP contribution in [0.1, 0.15) is 78.4 Å². The van der Waals surface area contributed by atoms with Crippen LogP contribution >= 0.6 is 0 Å². The van der Waals surface area contributed by atoms with Crippen LogP contribution in [-0.4, -0.2) is 34.2 Å². The number of rotatable bonds is 1. The number of allylic oxidation sites excluding steroid dienone is 1. The van der Waals surface area contributed by atoms with Gasteiger partial charge in [-0.2, -0.15) is 0 Å². The van der Waals surface area contributed by atoms with Crippen molar-refractivity contribution in [3.8, 4) is 0 Å². The number of hydrogen-bond acceptors (Lipinski definition) is 6. The Morgan fingerprint density at radius 1 is 1.17 bits per heavy atom. The van der Waals surface area contributed by atoms with Gasteiger partial charge in [0.05, 0.1) is 40.8 Å². The van der Waals surface area contributed by atoms with Crippen molar-refractivity contribution in [3.63, 3.8) is 0 Å². The van der Waals surface area contributed by atoms with E-state index in [0.717, 1.165) is 35.4 Å². The minimum atomic E-state index is -1.23. The van der Waals surface area contributed by atoms with Crippen LogP contribution in [0, 0.1) is 17.3 Å². The molecule has 5 atom stereocenters. The van der Waals surface area contributed by atoms with Crippen LogP contribution in [-0.2, 0) is 14.3 Å². The molecule has 2 aliphatic heterocycles. The molecule has 1 aromatic rings. The largest absolute Gasteiger partial charge is 0.457 e. The highest BCUT2D eigenvalue weighted by molar-refractivity contribution is 5.88. The quantitative estimate of drug-likeness (QED) is 0.365. The van der Waals surface area contributed by atoms with Crippen molar-refractivity contribution in [2.75, 3.05) is 0 Å². The van der Waals surface area contributed by atoms with Crippen LogP contribution in [0.2, 0.25) is 0 Å². The number of carbonyl (C=O) groups is 2. The van der Waals surface area contributed by atoms with Gasteiger partial charge in [-0.1, -0.05) is 51.1 Å². The number of aliphatic hydroxyl groups is 2. The fraction of sp³-hybridized carbons (Fsp3) is 0.552. The topological polar surface area (TPSA) is 96.2 Å². The van der Waals surface area contributed by atoms with Crippen molar-refractivity contribution in [2.45, 2.75) is 85.0 Å². The molecule has 0 bridgehead atoms. The Balaban J connectivity index is 1.92. The van der Waals surface area contributed by atoms with Crippen molar-refractivity contribution in [1.29, 1.82) is 0 Å². The molecule has 0 amide bonds. The molecule has 0 aromatic heterocycles. The number of ether oxygens (including phenoxy) is 1. The van der Waals surface area contributed by atoms with Gasteiger partial charge < -0.3 is 14.9 Å². The third-order valence-corrected chi connectivity index (χ3v) is 7.39. The second kappa shape index (κ2) is 11.3. The predicted molar refractivity (Wildman–Crippen MR) is 134 cm³/mol. The van der Waals surface area contributed by atoms with E-state index >= 15 is 0 Å². The van der Waals surface area contributed by atoms with Crippen LogP contribution in [0.5, 0.6) is 0 Å². The van der Waals surface area contributed by atoms with Gasteiger partial charge >= 0.3 is 5.97 Å². The summed E-state index contributed by atoms with van der Waals surface area (Å²) in [7, 11) is 0. The minimum absolute atomic E-state index is 0.0561. The second-order valence-corrected chi connectivity index (χ2v) is 10.5. The number of carbonyl (C=O) groups excluding carboxylic acids is 2. The van der Waals surface area contributed by atoms with Gasteiger partial charge in [0, 0.05) is 12.3 Å². The third kappa shape index (κ3) is 6.48. The van der Waals surface area contributed by atoms with Gasteiger partial charge in [0.1, 0.15) is 11.9 Å². The van der Waals surface area contributed by atoms with Crippen molar-refractivity contribution in [3.05, 3.63) is 57.9 Å². The van der Waals surface area contributed by atoms with Crippen LogP contribution in [0.4, 0.5) is 0 Å². The van der Waals surface area contributed by atoms with E-state index in [9.17, 15) is 19.8 Å². The number of nitrogens with zero attached hydrogens (tertiary/aromatic N) is 1. The molecule has 6 nitrogen and oxygen atoms in total. The molecule has 0 radical (unpaired) electrons. The summed E-state index contributed by atoms with van der Waals surface area (Å²) < 4.78 is 5.85. The van der Waals surface area contributed by atoms with E-state index in [0.29, 0.717) is 6.42 Å². The maximum atomic E-state index is 13.2. The standard InChI is InChI=1S/C29H37NO5/c1-18-8-6-9-19(2)27(33)20(3)28(34)29(4,5)25(31)17-26(32)35-24(14-11-18)22-13-12-21-10-7-15-30-23(21)16-22/h11-13,15-16,19-20,24-25,27,31,33H,6,8-9,14,17H2,1-5H3/b18-11-/t19-,20+,24?,25-,27-/m0/s1. The number of benzene rings is 1. The first-order valence-corrected chi connectivity index (χ1v) is 12.4. The van der Waals surface area contributed by atoms with Gasteiger partial charge in [-0.3, -0.25) is 9.59 Å². The summed E-state index contributed by atoms with van der Waals surface area (Å²) in [6, 6.07) is 5.65. The maximum Gasteiger partial charge on any atom is 0.309 e. The molecule has 0 saturated carbocycles. The van der Waals surface area contributed by atoms with Crippen LogP contribution in [0.3, 0.4) is 0 Å². The first kappa shape index (κ1) is 26.8. The van der Waals surface area contributed by atoms with Crippen molar-refractivity contribution in [2.24, 2.45) is 22.2 Å². The smallest absolute Gasteiger partial charge is 0.309 e. The van der Waals surface area contributed by atoms with E-state index in [1.165, 1.54) is 5.57 Å². The Kier molecular flexibility index (Phi) is 8.69. The van der Waals surface area contributed by atoms with Gasteiger partial charge in [0.15, 0.2) is 0 Å². The zero-order valence-corrected chi connectivity index (χ0v) is 21.4. The molecule has 0 aliphatic carbocycles. The van der Waals surface area contributed by atoms with Crippen molar-refractivity contribution in [1.82, 2.24) is 0 Å². The molecule has 0 saturated heterocycles. The van der Waals surface area contributed by atoms with Gasteiger partial charge in [-0.15, -0.1) is 0 Å². The zero-order valence-electron chi connectivity index (χ0n) is 21.4. The molecule has 0 fully saturated rings. The number of fused-ring (bicyclic) bond motifs is 1. The summed E-state index contributed by atoms with van der Waals surface area (Å²) in [6.07, 6.45) is 3.74. The number of Topliss-reactive ketones (excluding diaryl/α,β-unsaturated/α-hetero) is 1. The van der Waals surface area contributed by atoms with Crippen molar-refractivity contribution < 1.29 is 24.5 Å². The highest BCUT2D eigenvalue weighted by atomic mass is 16.5. The molecule has 2 heterocycles. The van der Waals surface area contributed by atoms with Gasteiger partial charge in [0.2, 0.25) is 0 Å². The monoisotopic (exact) mass is 479 g/mol. The van der Waals surface area contributed by atoms with E-state index < -0.39 is 35.6 Å². The second-order valence-electron chi connectivity index (χ2n) is 10.5. The fourth-order valence-corrected chi connectivity index (χ4v) is 4.73. The summed E-state index contributed by atoms with van der Waals surface area (Å²) >= 11 is 0. The van der Waals surface area contributed by atoms with E-state index in [4.69, 9.17) is 4.74 Å².